The van der Waals surface area contributed by atoms with Crippen molar-refractivity contribution in [3.05, 3.63) is 58.6 Å². The molecule has 0 fully saturated rings. The number of hydrogen-bond acceptors (Lipinski definition) is 6. The summed E-state index contributed by atoms with van der Waals surface area (Å²) in [5.74, 6) is -1.73. The van der Waals surface area contributed by atoms with Crippen LogP contribution in [0.15, 0.2) is 53.4 Å². The van der Waals surface area contributed by atoms with E-state index < -0.39 is 22.0 Å². The third-order valence-electron chi connectivity index (χ3n) is 3.71. The fourth-order valence-corrected chi connectivity index (χ4v) is 3.19. The molecule has 0 aliphatic rings. The van der Waals surface area contributed by atoms with Gasteiger partial charge in [-0.3, -0.25) is 24.5 Å². The smallest absolute Gasteiger partial charge is 0.303 e. The number of anilines is 2. The molecule has 0 heterocycles. The maximum Gasteiger partial charge on any atom is 0.303 e. The van der Waals surface area contributed by atoms with Crippen LogP contribution in [0.5, 0.6) is 0 Å². The van der Waals surface area contributed by atoms with Gasteiger partial charge in [0.1, 0.15) is 0 Å². The number of aliphatic carboxylic acids is 1. The summed E-state index contributed by atoms with van der Waals surface area (Å²) < 4.78 is 0. The molecule has 3 N–H and O–H groups in total. The molecule has 0 aromatic heterocycles. The average Bonchev–Trinajstić information content (AvgIpc) is 2.67. The molecule has 1 atom stereocenters. The number of carbonyl (C=O) groups is 3. The molecule has 9 nitrogen and oxygen atoms in total. The van der Waals surface area contributed by atoms with Crippen LogP contribution >= 0.6 is 11.8 Å². The van der Waals surface area contributed by atoms with Gasteiger partial charge in [-0.1, -0.05) is 6.07 Å². The molecular formula is C19H19N3O6S. The standard InChI is InChI=1S/C19H19N3O6S/c1-12(19(26)21-13-5-7-15(8-6-13)22(27)28)29-16-4-2-3-14(11-16)20-17(23)9-10-18(24)25/h2-8,11-12H,9-10H2,1H3,(H,20,23)(H,21,26)(H,24,25). The number of thioether (sulfide) groups is 1. The Balaban J connectivity index is 1.93. The van der Waals surface area contributed by atoms with Crippen molar-refractivity contribution in [1.82, 2.24) is 0 Å². The van der Waals surface area contributed by atoms with Gasteiger partial charge < -0.3 is 15.7 Å². The number of nitro benzene ring substituents is 1. The van der Waals surface area contributed by atoms with Crippen LogP contribution in [0.4, 0.5) is 17.1 Å². The number of nitrogens with one attached hydrogen (secondary N) is 2. The van der Waals surface area contributed by atoms with Gasteiger partial charge in [0, 0.05) is 34.8 Å². The maximum atomic E-state index is 12.4. The van der Waals surface area contributed by atoms with E-state index in [1.54, 1.807) is 31.2 Å². The Kier molecular flexibility index (Phi) is 7.72. The van der Waals surface area contributed by atoms with Crippen molar-refractivity contribution in [1.29, 1.82) is 0 Å². The van der Waals surface area contributed by atoms with Gasteiger partial charge in [-0.2, -0.15) is 0 Å². The minimum absolute atomic E-state index is 0.0624. The summed E-state index contributed by atoms with van der Waals surface area (Å²) >= 11 is 1.27. The minimum Gasteiger partial charge on any atom is -0.481 e. The highest BCUT2D eigenvalue weighted by molar-refractivity contribution is 8.00. The predicted molar refractivity (Wildman–Crippen MR) is 109 cm³/mol. The summed E-state index contributed by atoms with van der Waals surface area (Å²) in [6.07, 6.45) is -0.374. The molecule has 29 heavy (non-hydrogen) atoms. The second-order valence-corrected chi connectivity index (χ2v) is 7.44. The van der Waals surface area contributed by atoms with Gasteiger partial charge in [-0.25, -0.2) is 0 Å². The number of carbonyl (C=O) groups excluding carboxylic acids is 2. The van der Waals surface area contributed by atoms with Gasteiger partial charge in [0.2, 0.25) is 11.8 Å². The van der Waals surface area contributed by atoms with E-state index in [9.17, 15) is 24.5 Å². The highest BCUT2D eigenvalue weighted by atomic mass is 32.2. The van der Waals surface area contributed by atoms with Crippen LogP contribution in [-0.4, -0.2) is 33.1 Å². The number of carboxylic acids is 1. The van der Waals surface area contributed by atoms with Crippen LogP contribution in [0.3, 0.4) is 0 Å². The normalized spacial score (nSPS) is 11.3. The molecule has 0 aliphatic carbocycles. The van der Waals surface area contributed by atoms with Crippen LogP contribution in [-0.2, 0) is 14.4 Å². The fraction of sp³-hybridized carbons (Fsp3) is 0.211. The van der Waals surface area contributed by atoms with Gasteiger partial charge in [0.15, 0.2) is 0 Å². The van der Waals surface area contributed by atoms with Crippen LogP contribution in [0, 0.1) is 10.1 Å². The topological polar surface area (TPSA) is 139 Å². The average molecular weight is 417 g/mol. The number of carboxylic acid groups (broad SMARTS) is 1. The lowest BCUT2D eigenvalue weighted by atomic mass is 10.2. The number of benzene rings is 2. The Morgan fingerprint density at radius 3 is 2.38 bits per heavy atom. The molecular weight excluding hydrogens is 398 g/mol. The molecule has 152 valence electrons. The van der Waals surface area contributed by atoms with E-state index in [1.165, 1.54) is 36.0 Å². The van der Waals surface area contributed by atoms with Crippen molar-refractivity contribution >= 4 is 46.6 Å². The second kappa shape index (κ2) is 10.2. The molecule has 2 rings (SSSR count). The zero-order valence-electron chi connectivity index (χ0n) is 15.5. The first kappa shape index (κ1) is 21.9. The van der Waals surface area contributed by atoms with Gasteiger partial charge in [0.05, 0.1) is 16.6 Å². The number of non-ortho nitro benzene ring substituents is 1. The first-order valence-corrected chi connectivity index (χ1v) is 9.46. The number of nitro groups is 1. The second-order valence-electron chi connectivity index (χ2n) is 6.02. The molecule has 0 spiro atoms. The minimum atomic E-state index is -1.04. The van der Waals surface area contributed by atoms with Crippen molar-refractivity contribution < 1.29 is 24.4 Å². The van der Waals surface area contributed by atoms with E-state index in [1.807, 2.05) is 0 Å². The Morgan fingerprint density at radius 2 is 1.76 bits per heavy atom. The monoisotopic (exact) mass is 417 g/mol. The molecule has 10 heteroatoms. The molecule has 2 amide bonds. The Bertz CT molecular complexity index is 916. The van der Waals surface area contributed by atoms with Gasteiger partial charge in [-0.05, 0) is 37.3 Å². The lowest BCUT2D eigenvalue weighted by molar-refractivity contribution is -0.384. The molecule has 0 saturated heterocycles. The van der Waals surface area contributed by atoms with Crippen molar-refractivity contribution in [2.24, 2.45) is 0 Å². The predicted octanol–water partition coefficient (Wildman–Crippen LogP) is 3.52. The number of hydrogen-bond donors (Lipinski definition) is 3. The van der Waals surface area contributed by atoms with E-state index in [-0.39, 0.29) is 24.4 Å². The lowest BCUT2D eigenvalue weighted by Gasteiger charge is -2.13. The highest BCUT2D eigenvalue weighted by Crippen LogP contribution is 2.27. The van der Waals surface area contributed by atoms with E-state index in [4.69, 9.17) is 5.11 Å². The SMILES string of the molecule is CC(Sc1cccc(NC(=O)CCC(=O)O)c1)C(=O)Nc1ccc([N+](=O)[O-])cc1. The number of amides is 2. The molecule has 1 unspecified atom stereocenters. The van der Waals surface area contributed by atoms with Crippen LogP contribution < -0.4 is 10.6 Å². The number of rotatable bonds is 9. The Hall–Kier alpha value is -3.40. The zero-order chi connectivity index (χ0) is 21.4. The molecule has 2 aromatic carbocycles. The van der Waals surface area contributed by atoms with E-state index >= 15 is 0 Å². The highest BCUT2D eigenvalue weighted by Gasteiger charge is 2.16. The number of nitrogens with zero attached hydrogens (tertiary/aromatic N) is 1. The van der Waals surface area contributed by atoms with Crippen LogP contribution in [0.2, 0.25) is 0 Å². The summed E-state index contributed by atoms with van der Waals surface area (Å²) in [4.78, 5) is 45.5. The van der Waals surface area contributed by atoms with Crippen molar-refractivity contribution in [3.63, 3.8) is 0 Å². The largest absolute Gasteiger partial charge is 0.481 e. The van der Waals surface area contributed by atoms with E-state index in [0.29, 0.717) is 11.4 Å². The Labute approximate surface area is 170 Å². The fourth-order valence-electron chi connectivity index (χ4n) is 2.26. The molecule has 2 aromatic rings. The first-order valence-electron chi connectivity index (χ1n) is 8.58. The quantitative estimate of drug-likeness (QED) is 0.322. The zero-order valence-corrected chi connectivity index (χ0v) is 16.3. The first-order chi connectivity index (χ1) is 13.7. The maximum absolute atomic E-state index is 12.4. The third-order valence-corrected chi connectivity index (χ3v) is 4.81. The van der Waals surface area contributed by atoms with Gasteiger partial charge in [0.25, 0.3) is 5.69 Å². The van der Waals surface area contributed by atoms with Crippen LogP contribution in [0.1, 0.15) is 19.8 Å². The Morgan fingerprint density at radius 1 is 1.07 bits per heavy atom. The van der Waals surface area contributed by atoms with Gasteiger partial charge in [-0.15, -0.1) is 11.8 Å². The van der Waals surface area contributed by atoms with Crippen molar-refractivity contribution in [2.75, 3.05) is 10.6 Å². The van der Waals surface area contributed by atoms with E-state index in [2.05, 4.69) is 10.6 Å². The van der Waals surface area contributed by atoms with Crippen molar-refractivity contribution in [2.45, 2.75) is 29.9 Å². The molecule has 0 saturated carbocycles. The summed E-state index contributed by atoms with van der Waals surface area (Å²) in [5.41, 5.74) is 0.897. The van der Waals surface area contributed by atoms with Crippen LogP contribution in [0.25, 0.3) is 0 Å². The molecule has 0 bridgehead atoms. The van der Waals surface area contributed by atoms with E-state index in [0.717, 1.165) is 4.90 Å². The lowest BCUT2D eigenvalue weighted by Crippen LogP contribution is -2.22. The summed E-state index contributed by atoms with van der Waals surface area (Å²) in [6, 6.07) is 12.4. The van der Waals surface area contributed by atoms with Gasteiger partial charge >= 0.3 is 5.97 Å². The molecule has 0 radical (unpaired) electrons. The van der Waals surface area contributed by atoms with Crippen molar-refractivity contribution in [3.8, 4) is 0 Å². The summed E-state index contributed by atoms with van der Waals surface area (Å²) in [5, 5.41) is 24.1. The molecule has 0 aliphatic heterocycles. The third kappa shape index (κ3) is 7.26. The summed E-state index contributed by atoms with van der Waals surface area (Å²) in [6.45, 7) is 1.71. The summed E-state index contributed by atoms with van der Waals surface area (Å²) in [7, 11) is 0.